The summed E-state index contributed by atoms with van der Waals surface area (Å²) in [6.07, 6.45) is 0. The summed E-state index contributed by atoms with van der Waals surface area (Å²) in [4.78, 5) is 24.7. The topological polar surface area (TPSA) is 61.4 Å². The summed E-state index contributed by atoms with van der Waals surface area (Å²) in [6.45, 7) is 5.32. The summed E-state index contributed by atoms with van der Waals surface area (Å²) < 4.78 is 0. The second-order valence-electron chi connectivity index (χ2n) is 4.19. The van der Waals surface area contributed by atoms with Gasteiger partial charge in [-0.25, -0.2) is 4.79 Å². The van der Waals surface area contributed by atoms with Crippen LogP contribution in [0.5, 0.6) is 0 Å². The second-order valence-corrected chi connectivity index (χ2v) is 4.19. The van der Waals surface area contributed by atoms with E-state index in [9.17, 15) is 9.59 Å². The molecule has 2 N–H and O–H groups in total. The highest BCUT2D eigenvalue weighted by Crippen LogP contribution is 2.17. The molecule has 5 heteroatoms. The van der Waals surface area contributed by atoms with Crippen molar-refractivity contribution in [2.75, 3.05) is 13.1 Å². The van der Waals surface area contributed by atoms with Gasteiger partial charge in [0.1, 0.15) is 6.04 Å². The van der Waals surface area contributed by atoms with Crippen LogP contribution in [0.1, 0.15) is 13.8 Å². The van der Waals surface area contributed by atoms with Crippen molar-refractivity contribution in [1.29, 1.82) is 0 Å². The van der Waals surface area contributed by atoms with Crippen LogP contribution in [-0.4, -0.2) is 42.0 Å². The number of hydrogen-bond acceptors (Lipinski definition) is 3. The van der Waals surface area contributed by atoms with E-state index in [1.54, 1.807) is 0 Å². The van der Waals surface area contributed by atoms with Crippen LogP contribution in [0.15, 0.2) is 0 Å². The van der Waals surface area contributed by atoms with Gasteiger partial charge in [0, 0.05) is 13.1 Å². The fourth-order valence-corrected chi connectivity index (χ4v) is 1.77. The molecule has 0 unspecified atom stereocenters. The molecule has 5 nitrogen and oxygen atoms in total. The molecule has 3 amide bonds. The van der Waals surface area contributed by atoms with Gasteiger partial charge in [-0.3, -0.25) is 9.69 Å². The Balaban J connectivity index is 2.11. The van der Waals surface area contributed by atoms with Crippen molar-refractivity contribution >= 4 is 11.9 Å². The minimum absolute atomic E-state index is 0.0613. The van der Waals surface area contributed by atoms with Crippen molar-refractivity contribution in [3.05, 3.63) is 0 Å². The predicted octanol–water partition coefficient (Wildman–Crippen LogP) is -0.465. The third kappa shape index (κ3) is 1.28. The highest BCUT2D eigenvalue weighted by atomic mass is 16.2. The third-order valence-electron chi connectivity index (χ3n) is 2.79. The zero-order valence-corrected chi connectivity index (χ0v) is 8.41. The van der Waals surface area contributed by atoms with Crippen LogP contribution in [0.2, 0.25) is 0 Å². The van der Waals surface area contributed by atoms with Crippen molar-refractivity contribution in [2.24, 2.45) is 5.92 Å². The molecular weight excluding hydrogens is 182 g/mol. The molecular formula is C9H15N3O2. The zero-order valence-electron chi connectivity index (χ0n) is 8.41. The number of imide groups is 1. The van der Waals surface area contributed by atoms with Crippen molar-refractivity contribution in [3.8, 4) is 0 Å². The lowest BCUT2D eigenvalue weighted by Gasteiger charge is -2.33. The summed E-state index contributed by atoms with van der Waals surface area (Å²) in [5, 5.41) is 5.76. The van der Waals surface area contributed by atoms with Gasteiger partial charge in [0.2, 0.25) is 0 Å². The Morgan fingerprint density at radius 1 is 1.36 bits per heavy atom. The SMILES string of the molecule is CC(C)[C@@H]1NC(=O)N(C2CNC2)C1=O. The van der Waals surface area contributed by atoms with Crippen LogP contribution in [0.25, 0.3) is 0 Å². The highest BCUT2D eigenvalue weighted by Gasteiger charge is 2.44. The number of nitrogens with one attached hydrogen (secondary N) is 2. The Labute approximate surface area is 82.8 Å². The van der Waals surface area contributed by atoms with Crippen molar-refractivity contribution < 1.29 is 9.59 Å². The molecule has 14 heavy (non-hydrogen) atoms. The Morgan fingerprint density at radius 3 is 2.36 bits per heavy atom. The first-order valence-electron chi connectivity index (χ1n) is 4.95. The van der Waals surface area contributed by atoms with Gasteiger partial charge >= 0.3 is 6.03 Å². The molecule has 0 radical (unpaired) electrons. The molecule has 2 heterocycles. The van der Waals surface area contributed by atoms with Gasteiger partial charge in [0.25, 0.3) is 5.91 Å². The Morgan fingerprint density at radius 2 is 2.00 bits per heavy atom. The van der Waals surface area contributed by atoms with E-state index >= 15 is 0 Å². The maximum Gasteiger partial charge on any atom is 0.325 e. The molecule has 2 aliphatic heterocycles. The molecule has 0 aromatic heterocycles. The van der Waals surface area contributed by atoms with Crippen LogP contribution >= 0.6 is 0 Å². The van der Waals surface area contributed by atoms with Gasteiger partial charge in [0.15, 0.2) is 0 Å². The fraction of sp³-hybridized carbons (Fsp3) is 0.778. The normalized spacial score (nSPS) is 28.2. The maximum absolute atomic E-state index is 11.8. The molecule has 2 aliphatic rings. The number of amides is 3. The van der Waals surface area contributed by atoms with Gasteiger partial charge in [-0.05, 0) is 5.92 Å². The second kappa shape index (κ2) is 3.24. The summed E-state index contributed by atoms with van der Waals surface area (Å²) in [7, 11) is 0. The average Bonchev–Trinajstić information content (AvgIpc) is 2.29. The number of nitrogens with zero attached hydrogens (tertiary/aromatic N) is 1. The van der Waals surface area contributed by atoms with Gasteiger partial charge in [-0.1, -0.05) is 13.8 Å². The standard InChI is InChI=1S/C9H15N3O2/c1-5(2)7-8(13)12(9(14)11-7)6-3-10-4-6/h5-7,10H,3-4H2,1-2H3,(H,11,14)/t7-/m0/s1. The molecule has 0 aliphatic carbocycles. The molecule has 0 spiro atoms. The molecule has 0 aromatic carbocycles. The Kier molecular flexibility index (Phi) is 2.19. The maximum atomic E-state index is 11.8. The fourth-order valence-electron chi connectivity index (χ4n) is 1.77. The predicted molar refractivity (Wildman–Crippen MR) is 50.7 cm³/mol. The van der Waals surface area contributed by atoms with E-state index in [2.05, 4.69) is 10.6 Å². The number of hydrogen-bond donors (Lipinski definition) is 2. The Hall–Kier alpha value is -1.10. The van der Waals surface area contributed by atoms with Gasteiger partial charge in [-0.15, -0.1) is 0 Å². The summed E-state index contributed by atoms with van der Waals surface area (Å²) in [5.41, 5.74) is 0. The van der Waals surface area contributed by atoms with Crippen LogP contribution in [0.4, 0.5) is 4.79 Å². The lowest BCUT2D eigenvalue weighted by Crippen LogP contribution is -2.59. The quantitative estimate of drug-likeness (QED) is 0.589. The Bertz CT molecular complexity index is 273. The van der Waals surface area contributed by atoms with Crippen molar-refractivity contribution in [1.82, 2.24) is 15.5 Å². The number of rotatable bonds is 2. The first kappa shape index (κ1) is 9.45. The van der Waals surface area contributed by atoms with E-state index < -0.39 is 0 Å². The third-order valence-corrected chi connectivity index (χ3v) is 2.79. The summed E-state index contributed by atoms with van der Waals surface area (Å²) in [5.74, 6) is 0.0842. The van der Waals surface area contributed by atoms with Crippen molar-refractivity contribution in [2.45, 2.75) is 25.9 Å². The zero-order chi connectivity index (χ0) is 10.3. The molecule has 0 saturated carbocycles. The molecule has 1 atom stereocenters. The van der Waals surface area contributed by atoms with E-state index in [4.69, 9.17) is 0 Å². The average molecular weight is 197 g/mol. The first-order valence-corrected chi connectivity index (χ1v) is 4.95. The van der Waals surface area contributed by atoms with Crippen LogP contribution in [0.3, 0.4) is 0 Å². The van der Waals surface area contributed by atoms with Gasteiger partial charge in [0.05, 0.1) is 6.04 Å². The van der Waals surface area contributed by atoms with Gasteiger partial charge < -0.3 is 10.6 Å². The van der Waals surface area contributed by atoms with E-state index in [0.29, 0.717) is 0 Å². The lowest BCUT2D eigenvalue weighted by molar-refractivity contribution is -0.130. The van der Waals surface area contributed by atoms with Crippen LogP contribution in [-0.2, 0) is 4.79 Å². The number of urea groups is 1. The van der Waals surface area contributed by atoms with Crippen LogP contribution < -0.4 is 10.6 Å². The highest BCUT2D eigenvalue weighted by molar-refractivity contribution is 6.04. The molecule has 2 rings (SSSR count). The first-order chi connectivity index (χ1) is 6.61. The molecule has 2 saturated heterocycles. The minimum atomic E-state index is -0.330. The summed E-state index contributed by atoms with van der Waals surface area (Å²) in [6, 6.07) is -0.505. The smallest absolute Gasteiger partial charge is 0.325 e. The molecule has 2 fully saturated rings. The molecule has 0 bridgehead atoms. The number of carbonyl (C=O) groups is 2. The minimum Gasteiger partial charge on any atom is -0.326 e. The lowest BCUT2D eigenvalue weighted by atomic mass is 10.0. The van der Waals surface area contributed by atoms with Crippen LogP contribution in [0, 0.1) is 5.92 Å². The number of carbonyl (C=O) groups excluding carboxylic acids is 2. The monoisotopic (exact) mass is 197 g/mol. The van der Waals surface area contributed by atoms with E-state index in [-0.39, 0.29) is 29.9 Å². The van der Waals surface area contributed by atoms with Gasteiger partial charge in [-0.2, -0.15) is 0 Å². The largest absolute Gasteiger partial charge is 0.326 e. The van der Waals surface area contributed by atoms with E-state index in [0.717, 1.165) is 13.1 Å². The van der Waals surface area contributed by atoms with E-state index in [1.165, 1.54) is 4.90 Å². The molecule has 0 aromatic rings. The van der Waals surface area contributed by atoms with E-state index in [1.807, 2.05) is 13.8 Å². The van der Waals surface area contributed by atoms with Crippen molar-refractivity contribution in [3.63, 3.8) is 0 Å². The molecule has 78 valence electrons. The summed E-state index contributed by atoms with van der Waals surface area (Å²) >= 11 is 0.